The van der Waals surface area contributed by atoms with Gasteiger partial charge in [-0.15, -0.1) is 0 Å². The third-order valence-corrected chi connectivity index (χ3v) is 2.94. The molecule has 0 saturated carbocycles. The molecule has 0 heterocycles. The Morgan fingerprint density at radius 2 is 1.85 bits per heavy atom. The van der Waals surface area contributed by atoms with Crippen molar-refractivity contribution in [2.75, 3.05) is 7.05 Å². The van der Waals surface area contributed by atoms with E-state index in [-0.39, 0.29) is 18.5 Å². The molecule has 0 radical (unpaired) electrons. The molecule has 0 aliphatic heterocycles. The first-order valence-corrected chi connectivity index (χ1v) is 6.36. The van der Waals surface area contributed by atoms with Gasteiger partial charge in [0, 0.05) is 26.1 Å². The summed E-state index contributed by atoms with van der Waals surface area (Å²) in [6.45, 7) is 2.11. The van der Waals surface area contributed by atoms with Crippen molar-refractivity contribution < 1.29 is 18.0 Å². The molecule has 0 bridgehead atoms. The predicted molar refractivity (Wildman–Crippen MR) is 70.8 cm³/mol. The van der Waals surface area contributed by atoms with Gasteiger partial charge in [-0.25, -0.2) is 0 Å². The summed E-state index contributed by atoms with van der Waals surface area (Å²) < 4.78 is 37.2. The van der Waals surface area contributed by atoms with Crippen molar-refractivity contribution >= 4 is 5.91 Å². The van der Waals surface area contributed by atoms with E-state index in [1.807, 2.05) is 6.92 Å². The van der Waals surface area contributed by atoms with Crippen LogP contribution in [0.25, 0.3) is 0 Å². The summed E-state index contributed by atoms with van der Waals surface area (Å²) in [5, 5.41) is 0. The van der Waals surface area contributed by atoms with Crippen molar-refractivity contribution in [2.45, 2.75) is 38.5 Å². The molecule has 1 aromatic rings. The maximum atomic E-state index is 12.4. The summed E-state index contributed by atoms with van der Waals surface area (Å²) >= 11 is 0. The molecule has 0 fully saturated rings. The van der Waals surface area contributed by atoms with Gasteiger partial charge in [0.25, 0.3) is 0 Å². The monoisotopic (exact) mass is 288 g/mol. The molecule has 1 unspecified atom stereocenters. The average Bonchev–Trinajstić information content (AvgIpc) is 2.35. The summed E-state index contributed by atoms with van der Waals surface area (Å²) in [6, 6.07) is 4.78. The fourth-order valence-corrected chi connectivity index (χ4v) is 1.70. The topological polar surface area (TPSA) is 46.3 Å². The number of alkyl halides is 3. The molecule has 112 valence electrons. The second-order valence-corrected chi connectivity index (χ2v) is 4.96. The van der Waals surface area contributed by atoms with E-state index in [1.54, 1.807) is 7.05 Å². The van der Waals surface area contributed by atoms with E-state index in [9.17, 15) is 18.0 Å². The number of carbonyl (C=O) groups is 1. The third kappa shape index (κ3) is 5.21. The van der Waals surface area contributed by atoms with Crippen LogP contribution in [0.2, 0.25) is 0 Å². The molecule has 3 nitrogen and oxygen atoms in total. The molecule has 1 atom stereocenters. The van der Waals surface area contributed by atoms with Crippen LogP contribution in [0.4, 0.5) is 13.2 Å². The highest BCUT2D eigenvalue weighted by Crippen LogP contribution is 2.29. The van der Waals surface area contributed by atoms with Gasteiger partial charge >= 0.3 is 6.18 Å². The first-order valence-electron chi connectivity index (χ1n) is 6.36. The van der Waals surface area contributed by atoms with E-state index in [4.69, 9.17) is 5.73 Å². The normalized spacial score (nSPS) is 13.1. The molecule has 1 amide bonds. The first kappa shape index (κ1) is 16.5. The number of benzene rings is 1. The average molecular weight is 288 g/mol. The summed E-state index contributed by atoms with van der Waals surface area (Å²) in [7, 11) is 1.63. The van der Waals surface area contributed by atoms with Gasteiger partial charge in [-0.1, -0.05) is 12.1 Å². The van der Waals surface area contributed by atoms with Crippen LogP contribution in [-0.2, 0) is 17.5 Å². The van der Waals surface area contributed by atoms with Crippen LogP contribution in [0.1, 0.15) is 30.9 Å². The molecule has 1 rings (SSSR count). The summed E-state index contributed by atoms with van der Waals surface area (Å²) in [6.07, 6.45) is -3.40. The van der Waals surface area contributed by atoms with Crippen molar-refractivity contribution in [2.24, 2.45) is 5.73 Å². The Morgan fingerprint density at radius 1 is 1.30 bits per heavy atom. The van der Waals surface area contributed by atoms with Gasteiger partial charge in [0.1, 0.15) is 0 Å². The number of amides is 1. The van der Waals surface area contributed by atoms with Gasteiger partial charge in [-0.05, 0) is 31.0 Å². The molecular formula is C14H19F3N2O. The Labute approximate surface area is 116 Å². The van der Waals surface area contributed by atoms with Crippen LogP contribution in [-0.4, -0.2) is 23.9 Å². The lowest BCUT2D eigenvalue weighted by Gasteiger charge is -2.18. The molecule has 0 spiro atoms. The Kier molecular flexibility index (Phi) is 5.56. The first-order chi connectivity index (χ1) is 9.20. The zero-order valence-electron chi connectivity index (χ0n) is 11.6. The summed E-state index contributed by atoms with van der Waals surface area (Å²) in [5.41, 5.74) is 5.55. The van der Waals surface area contributed by atoms with Crippen molar-refractivity contribution in [3.05, 3.63) is 35.4 Å². The van der Waals surface area contributed by atoms with Gasteiger partial charge in [-0.3, -0.25) is 4.79 Å². The van der Waals surface area contributed by atoms with Crippen LogP contribution in [0.15, 0.2) is 24.3 Å². The minimum Gasteiger partial charge on any atom is -0.341 e. The second kappa shape index (κ2) is 6.74. The predicted octanol–water partition coefficient (Wildman–Crippen LogP) is 2.79. The van der Waals surface area contributed by atoms with Gasteiger partial charge in [0.05, 0.1) is 5.56 Å². The molecule has 20 heavy (non-hydrogen) atoms. The highest BCUT2D eigenvalue weighted by atomic mass is 19.4. The lowest BCUT2D eigenvalue weighted by atomic mass is 10.1. The summed E-state index contributed by atoms with van der Waals surface area (Å²) in [4.78, 5) is 13.3. The van der Waals surface area contributed by atoms with Crippen LogP contribution in [0, 0.1) is 0 Å². The van der Waals surface area contributed by atoms with E-state index >= 15 is 0 Å². The van der Waals surface area contributed by atoms with E-state index in [2.05, 4.69) is 0 Å². The van der Waals surface area contributed by atoms with Crippen molar-refractivity contribution in [1.29, 1.82) is 0 Å². The minimum absolute atomic E-state index is 0.0431. The van der Waals surface area contributed by atoms with E-state index in [0.29, 0.717) is 18.4 Å². The number of nitrogens with two attached hydrogens (primary N) is 1. The fourth-order valence-electron chi connectivity index (χ4n) is 1.70. The zero-order valence-corrected chi connectivity index (χ0v) is 11.6. The number of nitrogens with zero attached hydrogens (tertiary/aromatic N) is 1. The van der Waals surface area contributed by atoms with Gasteiger partial charge in [0.15, 0.2) is 0 Å². The van der Waals surface area contributed by atoms with Crippen molar-refractivity contribution in [3.8, 4) is 0 Å². The smallest absolute Gasteiger partial charge is 0.341 e. The molecular weight excluding hydrogens is 269 g/mol. The Bertz CT molecular complexity index is 441. The quantitative estimate of drug-likeness (QED) is 0.905. The minimum atomic E-state index is -4.34. The SMILES string of the molecule is CC(N)CCC(=O)N(C)Cc1ccc(C(F)(F)F)cc1. The molecule has 0 aliphatic carbocycles. The lowest BCUT2D eigenvalue weighted by molar-refractivity contribution is -0.137. The number of halogens is 3. The molecule has 0 saturated heterocycles. The molecule has 1 aromatic carbocycles. The zero-order chi connectivity index (χ0) is 15.3. The molecule has 0 aromatic heterocycles. The van der Waals surface area contributed by atoms with Crippen LogP contribution in [0.5, 0.6) is 0 Å². The third-order valence-electron chi connectivity index (χ3n) is 2.94. The van der Waals surface area contributed by atoms with Crippen molar-refractivity contribution in [3.63, 3.8) is 0 Å². The highest BCUT2D eigenvalue weighted by molar-refractivity contribution is 5.75. The second-order valence-electron chi connectivity index (χ2n) is 4.96. The molecule has 0 aliphatic rings. The van der Waals surface area contributed by atoms with Crippen LogP contribution < -0.4 is 5.73 Å². The van der Waals surface area contributed by atoms with Crippen LogP contribution in [0.3, 0.4) is 0 Å². The van der Waals surface area contributed by atoms with Gasteiger partial charge in [0.2, 0.25) is 5.91 Å². The Hall–Kier alpha value is -1.56. The molecule has 6 heteroatoms. The lowest BCUT2D eigenvalue weighted by Crippen LogP contribution is -2.28. The number of rotatable bonds is 5. The standard InChI is InChI=1S/C14H19F3N2O/c1-10(18)3-8-13(20)19(2)9-11-4-6-12(7-5-11)14(15,16)17/h4-7,10H,3,8-9,18H2,1-2H3. The van der Waals surface area contributed by atoms with E-state index in [0.717, 1.165) is 12.1 Å². The van der Waals surface area contributed by atoms with E-state index < -0.39 is 11.7 Å². The van der Waals surface area contributed by atoms with Crippen molar-refractivity contribution in [1.82, 2.24) is 4.90 Å². The number of hydrogen-bond acceptors (Lipinski definition) is 2. The number of hydrogen-bond donors (Lipinski definition) is 1. The van der Waals surface area contributed by atoms with E-state index in [1.165, 1.54) is 17.0 Å². The fraction of sp³-hybridized carbons (Fsp3) is 0.500. The largest absolute Gasteiger partial charge is 0.416 e. The molecule has 2 N–H and O–H groups in total. The Morgan fingerprint density at radius 3 is 2.30 bits per heavy atom. The number of carbonyl (C=O) groups excluding carboxylic acids is 1. The summed E-state index contributed by atoms with van der Waals surface area (Å²) in [5.74, 6) is -0.0674. The maximum Gasteiger partial charge on any atom is 0.416 e. The van der Waals surface area contributed by atoms with Gasteiger partial charge < -0.3 is 10.6 Å². The maximum absolute atomic E-state index is 12.4. The van der Waals surface area contributed by atoms with Crippen LogP contribution >= 0.6 is 0 Å². The van der Waals surface area contributed by atoms with Gasteiger partial charge in [-0.2, -0.15) is 13.2 Å². The Balaban J connectivity index is 2.58. The highest BCUT2D eigenvalue weighted by Gasteiger charge is 2.29.